The predicted molar refractivity (Wildman–Crippen MR) is 88.8 cm³/mol. The maximum absolute atomic E-state index is 11.9. The van der Waals surface area contributed by atoms with Crippen LogP contribution < -0.4 is 10.6 Å². The van der Waals surface area contributed by atoms with Crippen LogP contribution in [0.1, 0.15) is 26.3 Å². The molecule has 0 saturated heterocycles. The number of hydrogen-bond acceptors (Lipinski definition) is 2. The lowest BCUT2D eigenvalue weighted by Crippen LogP contribution is -2.29. The van der Waals surface area contributed by atoms with Gasteiger partial charge >= 0.3 is 11.8 Å². The Morgan fingerprint density at radius 2 is 1.18 bits per heavy atom. The van der Waals surface area contributed by atoms with E-state index in [0.717, 1.165) is 0 Å². The van der Waals surface area contributed by atoms with Crippen LogP contribution in [0.4, 0.5) is 11.4 Å². The van der Waals surface area contributed by atoms with Crippen molar-refractivity contribution in [2.75, 3.05) is 10.6 Å². The average molecular weight is 296 g/mol. The summed E-state index contributed by atoms with van der Waals surface area (Å²) in [6.45, 7) is 6.36. The van der Waals surface area contributed by atoms with Crippen molar-refractivity contribution in [2.24, 2.45) is 0 Å². The minimum atomic E-state index is -0.689. The fraction of sp³-hybridized carbons (Fsp3) is 0.222. The summed E-state index contributed by atoms with van der Waals surface area (Å²) in [5, 5.41) is 5.14. The molecule has 2 rings (SSSR count). The minimum absolute atomic E-state index is 0.0488. The largest absolute Gasteiger partial charge is 0.318 e. The Labute approximate surface area is 130 Å². The molecular formula is C18H20N2O2. The Morgan fingerprint density at radius 1 is 0.727 bits per heavy atom. The second-order valence-corrected chi connectivity index (χ2v) is 6.10. The van der Waals surface area contributed by atoms with E-state index in [4.69, 9.17) is 0 Å². The molecule has 0 aliphatic rings. The van der Waals surface area contributed by atoms with Crippen molar-refractivity contribution in [2.45, 2.75) is 26.2 Å². The monoisotopic (exact) mass is 296 g/mol. The van der Waals surface area contributed by atoms with Gasteiger partial charge in [-0.05, 0) is 35.2 Å². The fourth-order valence-electron chi connectivity index (χ4n) is 1.95. The number of nitrogens with one attached hydrogen (secondary N) is 2. The third-order valence-electron chi connectivity index (χ3n) is 3.25. The molecule has 0 atom stereocenters. The summed E-state index contributed by atoms with van der Waals surface area (Å²) >= 11 is 0. The zero-order valence-electron chi connectivity index (χ0n) is 13.0. The third-order valence-corrected chi connectivity index (χ3v) is 3.25. The first-order chi connectivity index (χ1) is 10.4. The van der Waals surface area contributed by atoms with Gasteiger partial charge in [0.1, 0.15) is 0 Å². The second kappa shape index (κ2) is 6.43. The minimum Gasteiger partial charge on any atom is -0.318 e. The maximum Gasteiger partial charge on any atom is 0.314 e. The molecule has 0 aromatic heterocycles. The van der Waals surface area contributed by atoms with E-state index in [1.54, 1.807) is 36.4 Å². The maximum atomic E-state index is 11.9. The predicted octanol–water partition coefficient (Wildman–Crippen LogP) is 3.56. The Hall–Kier alpha value is -2.62. The van der Waals surface area contributed by atoms with Crippen molar-refractivity contribution in [3.63, 3.8) is 0 Å². The summed E-state index contributed by atoms with van der Waals surface area (Å²) in [5.74, 6) is -1.38. The van der Waals surface area contributed by atoms with Crippen LogP contribution in [0.15, 0.2) is 54.6 Å². The summed E-state index contributed by atoms with van der Waals surface area (Å²) in [6.07, 6.45) is 0. The van der Waals surface area contributed by atoms with E-state index in [0.29, 0.717) is 11.4 Å². The van der Waals surface area contributed by atoms with E-state index in [-0.39, 0.29) is 5.41 Å². The second-order valence-electron chi connectivity index (χ2n) is 6.10. The highest BCUT2D eigenvalue weighted by Crippen LogP contribution is 2.23. The topological polar surface area (TPSA) is 58.2 Å². The normalized spacial score (nSPS) is 10.9. The number of carbonyl (C=O) groups is 2. The number of rotatable bonds is 2. The molecule has 114 valence electrons. The van der Waals surface area contributed by atoms with E-state index < -0.39 is 11.8 Å². The number of carbonyl (C=O) groups excluding carboxylic acids is 2. The third kappa shape index (κ3) is 4.19. The van der Waals surface area contributed by atoms with Crippen LogP contribution in [0, 0.1) is 0 Å². The highest BCUT2D eigenvalue weighted by molar-refractivity contribution is 6.43. The van der Waals surface area contributed by atoms with Gasteiger partial charge in [-0.25, -0.2) is 0 Å². The van der Waals surface area contributed by atoms with E-state index in [1.807, 2.05) is 18.2 Å². The number of para-hydroxylation sites is 1. The van der Waals surface area contributed by atoms with Crippen LogP contribution in [0.3, 0.4) is 0 Å². The van der Waals surface area contributed by atoms with E-state index in [2.05, 4.69) is 31.4 Å². The van der Waals surface area contributed by atoms with Crippen LogP contribution in [0.2, 0.25) is 0 Å². The summed E-state index contributed by atoms with van der Waals surface area (Å²) < 4.78 is 0. The molecule has 0 saturated carbocycles. The molecule has 2 amide bonds. The van der Waals surface area contributed by atoms with Gasteiger partial charge in [-0.2, -0.15) is 0 Å². The van der Waals surface area contributed by atoms with Crippen molar-refractivity contribution in [1.29, 1.82) is 0 Å². The van der Waals surface area contributed by atoms with Gasteiger partial charge in [0.15, 0.2) is 0 Å². The van der Waals surface area contributed by atoms with Crippen molar-refractivity contribution >= 4 is 23.2 Å². The molecule has 0 fully saturated rings. The van der Waals surface area contributed by atoms with Crippen LogP contribution in [-0.2, 0) is 15.0 Å². The summed E-state index contributed by atoms with van der Waals surface area (Å²) in [5.41, 5.74) is 2.40. The molecule has 0 aliphatic heterocycles. The van der Waals surface area contributed by atoms with Crippen molar-refractivity contribution < 1.29 is 9.59 Å². The van der Waals surface area contributed by atoms with Crippen molar-refractivity contribution in [3.05, 3.63) is 60.2 Å². The number of anilines is 2. The Morgan fingerprint density at radius 3 is 1.64 bits per heavy atom. The molecular weight excluding hydrogens is 276 g/mol. The number of hydrogen-bond donors (Lipinski definition) is 2. The first-order valence-electron chi connectivity index (χ1n) is 7.14. The highest BCUT2D eigenvalue weighted by Gasteiger charge is 2.16. The van der Waals surface area contributed by atoms with Crippen LogP contribution in [0.5, 0.6) is 0 Å². The summed E-state index contributed by atoms with van der Waals surface area (Å²) in [6, 6.07) is 16.4. The summed E-state index contributed by atoms with van der Waals surface area (Å²) in [7, 11) is 0. The van der Waals surface area contributed by atoms with Crippen molar-refractivity contribution in [3.8, 4) is 0 Å². The zero-order valence-corrected chi connectivity index (χ0v) is 13.0. The molecule has 2 N–H and O–H groups in total. The van der Waals surface area contributed by atoms with Crippen LogP contribution in [0.25, 0.3) is 0 Å². The SMILES string of the molecule is CC(C)(C)c1ccc(NC(=O)C(=O)Nc2ccccc2)cc1. The molecule has 4 heteroatoms. The first-order valence-corrected chi connectivity index (χ1v) is 7.14. The average Bonchev–Trinajstić information content (AvgIpc) is 2.48. The summed E-state index contributed by atoms with van der Waals surface area (Å²) in [4.78, 5) is 23.7. The first kappa shape index (κ1) is 15.8. The Balaban J connectivity index is 1.98. The van der Waals surface area contributed by atoms with Gasteiger partial charge in [-0.1, -0.05) is 51.1 Å². The fourth-order valence-corrected chi connectivity index (χ4v) is 1.95. The van der Waals surface area contributed by atoms with Gasteiger partial charge in [0.05, 0.1) is 0 Å². The standard InChI is InChI=1S/C18H20N2O2/c1-18(2,3)13-9-11-15(12-10-13)20-17(22)16(21)19-14-7-5-4-6-8-14/h4-12H,1-3H3,(H,19,21)(H,20,22). The van der Waals surface area contributed by atoms with Gasteiger partial charge in [0, 0.05) is 11.4 Å². The van der Waals surface area contributed by atoms with Gasteiger partial charge in [-0.15, -0.1) is 0 Å². The van der Waals surface area contributed by atoms with E-state index >= 15 is 0 Å². The lowest BCUT2D eigenvalue weighted by molar-refractivity contribution is -0.132. The lowest BCUT2D eigenvalue weighted by Gasteiger charge is -2.19. The molecule has 2 aromatic rings. The van der Waals surface area contributed by atoms with Crippen molar-refractivity contribution in [1.82, 2.24) is 0 Å². The molecule has 0 aliphatic carbocycles. The molecule has 22 heavy (non-hydrogen) atoms. The quantitative estimate of drug-likeness (QED) is 0.832. The Kier molecular flexibility index (Phi) is 4.61. The van der Waals surface area contributed by atoms with Crippen LogP contribution >= 0.6 is 0 Å². The molecule has 2 aromatic carbocycles. The van der Waals surface area contributed by atoms with E-state index in [9.17, 15) is 9.59 Å². The van der Waals surface area contributed by atoms with Gasteiger partial charge in [-0.3, -0.25) is 9.59 Å². The van der Waals surface area contributed by atoms with Gasteiger partial charge in [0.25, 0.3) is 0 Å². The Bertz CT molecular complexity index is 656. The zero-order chi connectivity index (χ0) is 16.2. The highest BCUT2D eigenvalue weighted by atomic mass is 16.2. The molecule has 4 nitrogen and oxygen atoms in total. The van der Waals surface area contributed by atoms with E-state index in [1.165, 1.54) is 5.56 Å². The van der Waals surface area contributed by atoms with Gasteiger partial charge in [0.2, 0.25) is 0 Å². The lowest BCUT2D eigenvalue weighted by atomic mass is 9.87. The number of benzene rings is 2. The van der Waals surface area contributed by atoms with Gasteiger partial charge < -0.3 is 10.6 Å². The molecule has 0 unspecified atom stereocenters. The van der Waals surface area contributed by atoms with Crippen LogP contribution in [-0.4, -0.2) is 11.8 Å². The molecule has 0 heterocycles. The molecule has 0 radical (unpaired) electrons. The molecule has 0 spiro atoms. The smallest absolute Gasteiger partial charge is 0.314 e. The number of amides is 2. The molecule has 0 bridgehead atoms.